The maximum Gasteiger partial charge on any atom is 0.323 e. The lowest BCUT2D eigenvalue weighted by Crippen LogP contribution is -2.27. The molecule has 152 valence electrons. The van der Waals surface area contributed by atoms with Gasteiger partial charge >= 0.3 is 23.9 Å². The maximum absolute atomic E-state index is 11.0. The van der Waals surface area contributed by atoms with E-state index in [-0.39, 0.29) is 0 Å². The van der Waals surface area contributed by atoms with Crippen molar-refractivity contribution in [3.8, 4) is 0 Å². The van der Waals surface area contributed by atoms with Crippen LogP contribution in [0.25, 0.3) is 0 Å². The van der Waals surface area contributed by atoms with Crippen molar-refractivity contribution in [3.63, 3.8) is 0 Å². The predicted octanol–water partition coefficient (Wildman–Crippen LogP) is -0.569. The van der Waals surface area contributed by atoms with Crippen LogP contribution in [0, 0.1) is 0 Å². The van der Waals surface area contributed by atoms with E-state index in [0.717, 1.165) is 0 Å². The average Bonchev–Trinajstić information content (AvgIpc) is 2.55. The van der Waals surface area contributed by atoms with Crippen LogP contribution in [0.4, 0.5) is 0 Å². The monoisotopic (exact) mass is 396 g/mol. The number of carboxylic acid groups (broad SMARTS) is 4. The van der Waals surface area contributed by atoms with Gasteiger partial charge in [-0.2, -0.15) is 0 Å². The molecule has 12 heteroatoms. The Morgan fingerprint density at radius 3 is 0.679 bits per heavy atom. The molecular weight excluding hydrogens is 376 g/mol. The van der Waals surface area contributed by atoms with Gasteiger partial charge in [0, 0.05) is 49.6 Å². The van der Waals surface area contributed by atoms with Crippen molar-refractivity contribution >= 4 is 23.9 Å². The van der Waals surface area contributed by atoms with Gasteiger partial charge in [-0.25, -0.2) is 0 Å². The van der Waals surface area contributed by atoms with Crippen LogP contribution in [0.1, 0.15) is 0 Å². The minimum absolute atomic E-state index is 0.451. The molecule has 0 aliphatic carbocycles. The van der Waals surface area contributed by atoms with Crippen LogP contribution >= 0.6 is 0 Å². The second-order valence-electron chi connectivity index (χ2n) is 5.46. The molecule has 0 spiro atoms. The van der Waals surface area contributed by atoms with Crippen molar-refractivity contribution in [3.05, 3.63) is 49.6 Å². The maximum atomic E-state index is 11.0. The van der Waals surface area contributed by atoms with Crippen LogP contribution in [0.2, 0.25) is 0 Å². The summed E-state index contributed by atoms with van der Waals surface area (Å²) in [5, 5.41) is 35.9. The summed E-state index contributed by atoms with van der Waals surface area (Å²) < 4.78 is 0. The molecule has 0 aromatic carbocycles. The molecular formula is C16H20N4O8. The van der Waals surface area contributed by atoms with E-state index in [1.807, 2.05) is 0 Å². The van der Waals surface area contributed by atoms with Gasteiger partial charge in [-0.05, 0) is 0 Å². The molecule has 12 nitrogen and oxygen atoms in total. The smallest absolute Gasteiger partial charge is 0.323 e. The van der Waals surface area contributed by atoms with Crippen LogP contribution in [-0.4, -0.2) is 90.1 Å². The van der Waals surface area contributed by atoms with Crippen molar-refractivity contribution < 1.29 is 39.6 Å². The Kier molecular flexibility index (Phi) is 8.60. The highest BCUT2D eigenvalue weighted by molar-refractivity contribution is 5.71. The molecule has 1 rings (SSSR count). The van der Waals surface area contributed by atoms with E-state index in [9.17, 15) is 19.2 Å². The van der Waals surface area contributed by atoms with Gasteiger partial charge in [0.2, 0.25) is 0 Å². The first-order chi connectivity index (χ1) is 13.2. The molecule has 0 fully saturated rings. The normalized spacial score (nSPS) is 19.1. The third-order valence-electron chi connectivity index (χ3n) is 3.07. The number of aliphatic carboxylic acids is 4. The van der Waals surface area contributed by atoms with Gasteiger partial charge in [0.25, 0.3) is 0 Å². The summed E-state index contributed by atoms with van der Waals surface area (Å²) in [6.07, 6.45) is 10.4. The Labute approximate surface area is 159 Å². The first-order valence-electron chi connectivity index (χ1n) is 7.79. The van der Waals surface area contributed by atoms with Crippen LogP contribution in [0.3, 0.4) is 0 Å². The van der Waals surface area contributed by atoms with Crippen molar-refractivity contribution in [2.75, 3.05) is 26.2 Å². The van der Waals surface area contributed by atoms with Gasteiger partial charge in [0.1, 0.15) is 26.2 Å². The van der Waals surface area contributed by atoms with Crippen LogP contribution in [0.5, 0.6) is 0 Å². The van der Waals surface area contributed by atoms with Crippen LogP contribution < -0.4 is 0 Å². The highest BCUT2D eigenvalue weighted by Gasteiger charge is 2.09. The molecule has 0 saturated carbocycles. The van der Waals surface area contributed by atoms with Gasteiger partial charge in [0.15, 0.2) is 0 Å². The van der Waals surface area contributed by atoms with Gasteiger partial charge < -0.3 is 40.0 Å². The Bertz CT molecular complexity index is 571. The number of hydrogen-bond donors (Lipinski definition) is 4. The van der Waals surface area contributed by atoms with Crippen molar-refractivity contribution in [1.82, 2.24) is 19.6 Å². The third-order valence-corrected chi connectivity index (χ3v) is 3.07. The predicted molar refractivity (Wildman–Crippen MR) is 93.9 cm³/mol. The summed E-state index contributed by atoms with van der Waals surface area (Å²) in [5.74, 6) is -4.63. The summed E-state index contributed by atoms with van der Waals surface area (Å²) in [5.41, 5.74) is 0. The zero-order valence-corrected chi connectivity index (χ0v) is 14.7. The molecule has 0 aromatic rings. The minimum Gasteiger partial charge on any atom is -0.480 e. The molecule has 0 aromatic heterocycles. The molecule has 0 saturated heterocycles. The number of nitrogens with zero attached hydrogens (tertiary/aromatic N) is 4. The third kappa shape index (κ3) is 9.50. The molecule has 4 N–H and O–H groups in total. The zero-order valence-electron chi connectivity index (χ0n) is 14.7. The van der Waals surface area contributed by atoms with Gasteiger partial charge in [0.05, 0.1) is 0 Å². The molecule has 1 aliphatic heterocycles. The second kappa shape index (κ2) is 10.9. The Balaban J connectivity index is 3.25. The quantitative estimate of drug-likeness (QED) is 0.414. The molecule has 0 atom stereocenters. The second-order valence-corrected chi connectivity index (χ2v) is 5.46. The zero-order chi connectivity index (χ0) is 21.1. The Morgan fingerprint density at radius 1 is 0.429 bits per heavy atom. The summed E-state index contributed by atoms with van der Waals surface area (Å²) in [6.45, 7) is -1.80. The fourth-order valence-electron chi connectivity index (χ4n) is 1.93. The van der Waals surface area contributed by atoms with Gasteiger partial charge in [-0.3, -0.25) is 19.2 Å². The lowest BCUT2D eigenvalue weighted by atomic mass is 10.4. The first kappa shape index (κ1) is 22.1. The Hall–Kier alpha value is -3.96. The first-order valence-corrected chi connectivity index (χ1v) is 7.79. The minimum atomic E-state index is -1.16. The number of carbonyl (C=O) groups is 4. The van der Waals surface area contributed by atoms with E-state index in [0.29, 0.717) is 0 Å². The van der Waals surface area contributed by atoms with Crippen molar-refractivity contribution in [2.24, 2.45) is 0 Å². The molecule has 0 radical (unpaired) electrons. The van der Waals surface area contributed by atoms with E-state index >= 15 is 0 Å². The number of carboxylic acids is 4. The van der Waals surface area contributed by atoms with Gasteiger partial charge in [-0.1, -0.05) is 0 Å². The summed E-state index contributed by atoms with van der Waals surface area (Å²) in [4.78, 5) is 48.8. The van der Waals surface area contributed by atoms with Crippen molar-refractivity contribution in [2.45, 2.75) is 0 Å². The van der Waals surface area contributed by atoms with Gasteiger partial charge in [-0.15, -0.1) is 0 Å². The molecule has 28 heavy (non-hydrogen) atoms. The largest absolute Gasteiger partial charge is 0.480 e. The van der Waals surface area contributed by atoms with E-state index in [1.165, 1.54) is 69.2 Å². The summed E-state index contributed by atoms with van der Waals surface area (Å²) in [7, 11) is 0. The lowest BCUT2D eigenvalue weighted by molar-refractivity contribution is -0.138. The fourth-order valence-corrected chi connectivity index (χ4v) is 1.93. The highest BCUT2D eigenvalue weighted by Crippen LogP contribution is 2.04. The van der Waals surface area contributed by atoms with Crippen LogP contribution in [-0.2, 0) is 19.2 Å². The van der Waals surface area contributed by atoms with E-state index in [1.54, 1.807) is 0 Å². The van der Waals surface area contributed by atoms with E-state index in [4.69, 9.17) is 20.4 Å². The topological polar surface area (TPSA) is 162 Å². The summed E-state index contributed by atoms with van der Waals surface area (Å²) in [6, 6.07) is 0. The van der Waals surface area contributed by atoms with E-state index < -0.39 is 50.1 Å². The van der Waals surface area contributed by atoms with Crippen LogP contribution in [0.15, 0.2) is 49.6 Å². The summed E-state index contributed by atoms with van der Waals surface area (Å²) >= 11 is 0. The standard InChI is InChI=1S/C16H20N4O8/c21-13(22)9-17-1-2-18(10-14(23)24)5-6-20(12-16(27)28)8-7-19(4-3-17)11-15(25)26/h1-8H,9-12H2,(H,21,22)(H,23,24)(H,25,26)(H,27,28)/b2-1-,4-3-,6-5-,8-7-. The van der Waals surface area contributed by atoms with Crippen molar-refractivity contribution in [1.29, 1.82) is 0 Å². The highest BCUT2D eigenvalue weighted by atomic mass is 16.4. The molecule has 1 heterocycles. The molecule has 0 unspecified atom stereocenters. The lowest BCUT2D eigenvalue weighted by Gasteiger charge is -2.22. The molecule has 0 amide bonds. The molecule has 0 bridgehead atoms. The molecule has 1 aliphatic rings. The van der Waals surface area contributed by atoms with E-state index in [2.05, 4.69) is 0 Å². The number of rotatable bonds is 8. The number of hydrogen-bond acceptors (Lipinski definition) is 8. The Morgan fingerprint density at radius 2 is 0.571 bits per heavy atom. The SMILES string of the molecule is O=C(O)CN1/C=C\N(CC(=O)O)/C=C\N(CC(=O)O)/C=C\N(CC(=O)O)/C=C\1. The average molecular weight is 396 g/mol. The fraction of sp³-hybridized carbons (Fsp3) is 0.250.